The summed E-state index contributed by atoms with van der Waals surface area (Å²) in [6.45, 7) is -2.94. The Kier molecular flexibility index (Phi) is 2.06. The lowest BCUT2D eigenvalue weighted by molar-refractivity contribution is 0.0107. The summed E-state index contributed by atoms with van der Waals surface area (Å²) in [5.41, 5.74) is -3.07. The zero-order valence-electron chi connectivity index (χ0n) is 24.5. The van der Waals surface area contributed by atoms with Crippen molar-refractivity contribution in [3.63, 3.8) is 0 Å². The van der Waals surface area contributed by atoms with Gasteiger partial charge in [-0.1, -0.05) is 31.4 Å². The molecule has 1 aromatic carbocycles. The van der Waals surface area contributed by atoms with Crippen LogP contribution in [0.15, 0.2) is 23.7 Å². The fraction of sp³-hybridized carbons (Fsp3) is 0.619. The van der Waals surface area contributed by atoms with Crippen molar-refractivity contribution in [3.05, 3.63) is 34.9 Å². The fourth-order valence-electron chi connectivity index (χ4n) is 3.19. The van der Waals surface area contributed by atoms with Gasteiger partial charge in [0.2, 0.25) is 0 Å². The van der Waals surface area contributed by atoms with E-state index in [9.17, 15) is 6.48 Å². The average molecular weight is 326 g/mol. The zero-order valence-corrected chi connectivity index (χ0v) is 13.5. The van der Waals surface area contributed by atoms with Crippen LogP contribution in [0.3, 0.4) is 0 Å². The van der Waals surface area contributed by atoms with Crippen LogP contribution in [-0.4, -0.2) is 10.7 Å². The second-order valence-electron chi connectivity index (χ2n) is 6.33. The molecule has 3 rings (SSSR count). The largest absolute Gasteiger partial charge is 0.507 e. The first-order valence-corrected chi connectivity index (χ1v) is 8.11. The highest BCUT2D eigenvalue weighted by molar-refractivity contribution is 5.53. The van der Waals surface area contributed by atoms with Crippen LogP contribution in [0.5, 0.6) is 11.5 Å². The normalized spacial score (nSPS) is 37.0. The quantitative estimate of drug-likeness (QED) is 0.716. The number of unbranched alkanes of at least 4 members (excludes halogenated alkanes) is 1. The highest BCUT2D eigenvalue weighted by Gasteiger charge is 2.45. The van der Waals surface area contributed by atoms with Gasteiger partial charge in [0.15, 0.2) is 0 Å². The molecule has 0 unspecified atom stereocenters. The molecule has 126 valence electrons. The third-order valence-electron chi connectivity index (χ3n) is 4.43. The van der Waals surface area contributed by atoms with Crippen molar-refractivity contribution in [1.82, 2.24) is 0 Å². The molecule has 1 aliphatic heterocycles. The van der Waals surface area contributed by atoms with E-state index in [1.54, 1.807) is 6.92 Å². The summed E-state index contributed by atoms with van der Waals surface area (Å²) in [6.07, 6.45) is 0.406. The van der Waals surface area contributed by atoms with E-state index >= 15 is 0 Å². The van der Waals surface area contributed by atoms with Gasteiger partial charge in [0, 0.05) is 29.7 Å². The Morgan fingerprint density at radius 2 is 2.30 bits per heavy atom. The number of hydrogen-bond donors (Lipinski definition) is 1. The molecule has 2 atom stereocenters. The number of phenols is 1. The molecule has 0 bridgehead atoms. The maximum absolute atomic E-state index is 11.1. The van der Waals surface area contributed by atoms with Crippen molar-refractivity contribution in [3.8, 4) is 11.5 Å². The lowest BCUT2D eigenvalue weighted by atomic mass is 9.68. The van der Waals surface area contributed by atoms with E-state index in [-0.39, 0.29) is 18.4 Å². The first kappa shape index (κ1) is 7.63. The molecule has 2 nitrogen and oxygen atoms in total. The van der Waals surface area contributed by atoms with Crippen molar-refractivity contribution in [2.45, 2.75) is 77.5 Å². The Labute approximate surface area is 156 Å². The van der Waals surface area contributed by atoms with Gasteiger partial charge in [-0.25, -0.2) is 0 Å². The minimum Gasteiger partial charge on any atom is -0.507 e. The van der Waals surface area contributed by atoms with Crippen LogP contribution in [0, 0.1) is 5.92 Å². The van der Waals surface area contributed by atoms with Gasteiger partial charge in [-0.05, 0) is 63.9 Å². The number of ether oxygens (including phenoxy) is 1. The van der Waals surface area contributed by atoms with Crippen LogP contribution in [-0.2, 0) is 6.37 Å². The van der Waals surface area contributed by atoms with Gasteiger partial charge in [0.1, 0.15) is 17.1 Å². The van der Waals surface area contributed by atoms with Gasteiger partial charge in [-0.3, -0.25) is 0 Å². The van der Waals surface area contributed by atoms with Crippen molar-refractivity contribution in [1.29, 1.82) is 0 Å². The topological polar surface area (TPSA) is 29.5 Å². The van der Waals surface area contributed by atoms with Gasteiger partial charge in [-0.2, -0.15) is 0 Å². The predicted octanol–water partition coefficient (Wildman–Crippen LogP) is 5.74. The average Bonchev–Trinajstić information content (AvgIpc) is 2.66. The Hall–Kier alpha value is -1.44. The highest BCUT2D eigenvalue weighted by Crippen LogP contribution is 2.53. The lowest BCUT2D eigenvalue weighted by Crippen LogP contribution is -2.45. The Balaban J connectivity index is 2.48. The van der Waals surface area contributed by atoms with Gasteiger partial charge < -0.3 is 9.84 Å². The molecule has 0 amide bonds. The fourth-order valence-corrected chi connectivity index (χ4v) is 3.19. The van der Waals surface area contributed by atoms with Crippen molar-refractivity contribution in [2.24, 2.45) is 5.92 Å². The SMILES string of the molecule is [2H]c1c(O)c2c(c([2H])c1C([2H])([2H])CCCC)OC(C([2H])([2H])[2H])(C([2H])([2H])[2H])[C@@H]1CCC(C)=C[C@@]21[2H]. The summed E-state index contributed by atoms with van der Waals surface area (Å²) >= 11 is 0. The third-order valence-corrected chi connectivity index (χ3v) is 4.43. The number of phenolic OH excluding ortho intramolecular Hbond substituents is 1. The molecule has 2 aliphatic rings. The summed E-state index contributed by atoms with van der Waals surface area (Å²) in [5, 5.41) is 11.1. The summed E-state index contributed by atoms with van der Waals surface area (Å²) in [6, 6.07) is -1.38. The predicted molar refractivity (Wildman–Crippen MR) is 95.3 cm³/mol. The standard InChI is InChI=1S/C21H30O2/c1-5-6-7-8-15-12-18(22)20-16-11-14(2)9-10-17(16)21(3,4)23-19(20)13-15/h11-13,16-17,22H,5-10H2,1-4H3/t16-,17-/m1/s1/i3D3,4D3,8D2,12D,13D,16D. The molecular formula is C21H30O2. The van der Waals surface area contributed by atoms with Gasteiger partial charge in [0.05, 0.1) is 2.74 Å². The summed E-state index contributed by atoms with van der Waals surface area (Å²) in [7, 11) is 0. The van der Waals surface area contributed by atoms with Crippen molar-refractivity contribution < 1.29 is 24.9 Å². The molecule has 0 aromatic heterocycles. The monoisotopic (exact) mass is 325 g/mol. The van der Waals surface area contributed by atoms with E-state index in [0.717, 1.165) is 0 Å². The van der Waals surface area contributed by atoms with Gasteiger partial charge >= 0.3 is 0 Å². The van der Waals surface area contributed by atoms with E-state index in [1.165, 1.54) is 6.08 Å². The number of allylic oxidation sites excluding steroid dienone is 2. The van der Waals surface area contributed by atoms with Crippen LogP contribution in [0.4, 0.5) is 0 Å². The molecule has 0 saturated heterocycles. The zero-order chi connectivity index (χ0) is 26.1. The summed E-state index contributed by atoms with van der Waals surface area (Å²) < 4.78 is 98.2. The second kappa shape index (κ2) is 6.22. The third kappa shape index (κ3) is 3.13. The Morgan fingerprint density at radius 1 is 1.48 bits per heavy atom. The maximum atomic E-state index is 11.1. The van der Waals surface area contributed by atoms with Crippen LogP contribution in [0.2, 0.25) is 0 Å². The molecule has 1 aliphatic carbocycles. The van der Waals surface area contributed by atoms with E-state index in [4.69, 9.17) is 18.4 Å². The van der Waals surface area contributed by atoms with E-state index in [0.29, 0.717) is 24.8 Å². The van der Waals surface area contributed by atoms with E-state index in [1.807, 2.05) is 6.92 Å². The van der Waals surface area contributed by atoms with Gasteiger partial charge in [0.25, 0.3) is 0 Å². The number of aromatic hydroxyl groups is 1. The first-order chi connectivity index (χ1) is 15.4. The van der Waals surface area contributed by atoms with Crippen LogP contribution < -0.4 is 4.74 Å². The minimum atomic E-state index is -3.24. The molecule has 0 radical (unpaired) electrons. The molecule has 1 N–H and O–H groups in total. The maximum Gasteiger partial charge on any atom is 0.127 e. The number of hydrogen-bond acceptors (Lipinski definition) is 2. The minimum absolute atomic E-state index is 0.0265. The molecule has 0 fully saturated rings. The lowest BCUT2D eigenvalue weighted by Gasteiger charge is -2.46. The molecule has 1 heterocycles. The van der Waals surface area contributed by atoms with E-state index in [2.05, 4.69) is 0 Å². The Bertz CT molecular complexity index is 996. The number of rotatable bonds is 4. The summed E-state index contributed by atoms with van der Waals surface area (Å²) in [5.74, 6) is -5.00. The number of fused-ring (bicyclic) bond motifs is 3. The number of benzene rings is 1. The molecule has 0 saturated carbocycles. The molecular weight excluding hydrogens is 284 g/mol. The molecule has 2 heteroatoms. The first-order valence-electron chi connectivity index (χ1n) is 13.6. The van der Waals surface area contributed by atoms with Crippen LogP contribution in [0.25, 0.3) is 0 Å². The molecule has 0 spiro atoms. The molecule has 1 aromatic rings. The smallest absolute Gasteiger partial charge is 0.127 e. The van der Waals surface area contributed by atoms with Crippen molar-refractivity contribution in [2.75, 3.05) is 0 Å². The highest BCUT2D eigenvalue weighted by atomic mass is 16.5. The van der Waals surface area contributed by atoms with Crippen molar-refractivity contribution >= 4 is 0 Å². The van der Waals surface area contributed by atoms with Gasteiger partial charge in [-0.15, -0.1) is 0 Å². The van der Waals surface area contributed by atoms with E-state index < -0.39 is 66.6 Å². The summed E-state index contributed by atoms with van der Waals surface area (Å²) in [4.78, 5) is 0. The van der Waals surface area contributed by atoms with Crippen LogP contribution in [0.1, 0.15) is 91.8 Å². The van der Waals surface area contributed by atoms with Crippen LogP contribution >= 0.6 is 0 Å². The Morgan fingerprint density at radius 3 is 3.04 bits per heavy atom. The second-order valence-corrected chi connectivity index (χ2v) is 6.33. The molecule has 23 heavy (non-hydrogen) atoms.